The number of likely N-dealkylation sites (N-methyl/N-ethyl adjacent to an activating group) is 1. The average molecular weight is 238 g/mol. The highest BCUT2D eigenvalue weighted by molar-refractivity contribution is 4.91. The fourth-order valence-corrected chi connectivity index (χ4v) is 2.25. The van der Waals surface area contributed by atoms with Gasteiger partial charge >= 0.3 is 0 Å². The van der Waals surface area contributed by atoms with Gasteiger partial charge in [-0.05, 0) is 13.5 Å². The lowest BCUT2D eigenvalue weighted by Crippen LogP contribution is -2.41. The highest BCUT2D eigenvalue weighted by Gasteiger charge is 2.23. The molecule has 0 aliphatic carbocycles. The molecule has 5 heteroatoms. The molecular weight excluding hydrogens is 216 g/mol. The molecule has 1 aromatic rings. The second kappa shape index (κ2) is 5.62. The molecule has 2 heterocycles. The summed E-state index contributed by atoms with van der Waals surface area (Å²) in [5, 5.41) is 0. The SMILES string of the molecule is CN(Cc1nccn1C)CC(N)C1CCOC1. The van der Waals surface area contributed by atoms with E-state index in [1.54, 1.807) is 0 Å². The summed E-state index contributed by atoms with van der Waals surface area (Å²) in [5.41, 5.74) is 6.20. The maximum Gasteiger partial charge on any atom is 0.122 e. The van der Waals surface area contributed by atoms with Crippen LogP contribution in [0.3, 0.4) is 0 Å². The average Bonchev–Trinajstić information content (AvgIpc) is 2.90. The molecule has 5 nitrogen and oxygen atoms in total. The third kappa shape index (κ3) is 3.28. The van der Waals surface area contributed by atoms with Crippen molar-refractivity contribution in [3.05, 3.63) is 18.2 Å². The van der Waals surface area contributed by atoms with Crippen molar-refractivity contribution in [2.45, 2.75) is 19.0 Å². The van der Waals surface area contributed by atoms with Crippen LogP contribution in [0.25, 0.3) is 0 Å². The number of hydrogen-bond acceptors (Lipinski definition) is 4. The number of aromatic nitrogens is 2. The van der Waals surface area contributed by atoms with Gasteiger partial charge in [0.2, 0.25) is 0 Å². The molecule has 1 aliphatic heterocycles. The number of ether oxygens (including phenoxy) is 1. The normalized spacial score (nSPS) is 22.2. The molecule has 2 N–H and O–H groups in total. The van der Waals surface area contributed by atoms with E-state index >= 15 is 0 Å². The fourth-order valence-electron chi connectivity index (χ4n) is 2.25. The van der Waals surface area contributed by atoms with Gasteiger partial charge in [-0.2, -0.15) is 0 Å². The van der Waals surface area contributed by atoms with Gasteiger partial charge in [-0.25, -0.2) is 4.98 Å². The van der Waals surface area contributed by atoms with Crippen LogP contribution in [0.15, 0.2) is 12.4 Å². The topological polar surface area (TPSA) is 56.3 Å². The van der Waals surface area contributed by atoms with Crippen molar-refractivity contribution in [1.82, 2.24) is 14.5 Å². The Hall–Kier alpha value is -0.910. The van der Waals surface area contributed by atoms with E-state index < -0.39 is 0 Å². The van der Waals surface area contributed by atoms with Gasteiger partial charge in [0.1, 0.15) is 5.82 Å². The summed E-state index contributed by atoms with van der Waals surface area (Å²) in [5.74, 6) is 1.58. The summed E-state index contributed by atoms with van der Waals surface area (Å²) < 4.78 is 7.41. The fraction of sp³-hybridized carbons (Fsp3) is 0.750. The van der Waals surface area contributed by atoms with Gasteiger partial charge in [-0.1, -0.05) is 0 Å². The minimum absolute atomic E-state index is 0.197. The van der Waals surface area contributed by atoms with Gasteiger partial charge < -0.3 is 15.0 Å². The lowest BCUT2D eigenvalue weighted by atomic mass is 10.00. The van der Waals surface area contributed by atoms with E-state index in [2.05, 4.69) is 16.9 Å². The molecule has 1 fully saturated rings. The van der Waals surface area contributed by atoms with Crippen molar-refractivity contribution in [2.75, 3.05) is 26.8 Å². The molecule has 1 aromatic heterocycles. The van der Waals surface area contributed by atoms with Gasteiger partial charge in [-0.3, -0.25) is 4.90 Å². The van der Waals surface area contributed by atoms with Crippen molar-refractivity contribution in [3.8, 4) is 0 Å². The van der Waals surface area contributed by atoms with E-state index in [4.69, 9.17) is 10.5 Å². The van der Waals surface area contributed by atoms with Gasteiger partial charge in [0.05, 0.1) is 13.2 Å². The number of imidazole rings is 1. The summed E-state index contributed by atoms with van der Waals surface area (Å²) in [4.78, 5) is 6.54. The second-order valence-corrected chi connectivity index (χ2v) is 4.94. The first-order valence-electron chi connectivity index (χ1n) is 6.15. The zero-order valence-electron chi connectivity index (χ0n) is 10.7. The molecule has 0 saturated carbocycles. The number of rotatable bonds is 5. The van der Waals surface area contributed by atoms with Crippen LogP contribution in [0.4, 0.5) is 0 Å². The molecule has 2 rings (SSSR count). The quantitative estimate of drug-likeness (QED) is 0.797. The first-order chi connectivity index (χ1) is 8.16. The first-order valence-corrected chi connectivity index (χ1v) is 6.15. The molecule has 2 atom stereocenters. The summed E-state index contributed by atoms with van der Waals surface area (Å²) in [6, 6.07) is 0.197. The molecule has 0 aromatic carbocycles. The summed E-state index contributed by atoms with van der Waals surface area (Å²) in [6.07, 6.45) is 4.89. The largest absolute Gasteiger partial charge is 0.381 e. The lowest BCUT2D eigenvalue weighted by Gasteiger charge is -2.24. The van der Waals surface area contributed by atoms with E-state index in [0.29, 0.717) is 5.92 Å². The number of hydrogen-bond donors (Lipinski definition) is 1. The maximum atomic E-state index is 6.20. The zero-order chi connectivity index (χ0) is 12.3. The molecule has 0 spiro atoms. The molecule has 0 radical (unpaired) electrons. The Bertz CT molecular complexity index is 346. The van der Waals surface area contributed by atoms with Crippen LogP contribution in [0.1, 0.15) is 12.2 Å². The monoisotopic (exact) mass is 238 g/mol. The maximum absolute atomic E-state index is 6.20. The summed E-state index contributed by atoms with van der Waals surface area (Å²) in [6.45, 7) is 3.41. The van der Waals surface area contributed by atoms with Crippen molar-refractivity contribution in [1.29, 1.82) is 0 Å². The number of nitrogens with two attached hydrogens (primary N) is 1. The molecule has 96 valence electrons. The van der Waals surface area contributed by atoms with Crippen molar-refractivity contribution in [3.63, 3.8) is 0 Å². The molecule has 17 heavy (non-hydrogen) atoms. The predicted molar refractivity (Wildman–Crippen MR) is 66.4 cm³/mol. The highest BCUT2D eigenvalue weighted by Crippen LogP contribution is 2.16. The molecule has 1 saturated heterocycles. The van der Waals surface area contributed by atoms with E-state index in [-0.39, 0.29) is 6.04 Å². The first kappa shape index (κ1) is 12.5. The van der Waals surface area contributed by atoms with Crippen LogP contribution in [-0.4, -0.2) is 47.3 Å². The zero-order valence-corrected chi connectivity index (χ0v) is 10.7. The second-order valence-electron chi connectivity index (χ2n) is 4.94. The smallest absolute Gasteiger partial charge is 0.122 e. The Morgan fingerprint density at radius 2 is 2.53 bits per heavy atom. The molecule has 1 aliphatic rings. The predicted octanol–water partition coefficient (Wildman–Crippen LogP) is 0.216. The minimum Gasteiger partial charge on any atom is -0.381 e. The Balaban J connectivity index is 1.80. The summed E-state index contributed by atoms with van der Waals surface area (Å²) in [7, 11) is 4.10. The van der Waals surface area contributed by atoms with E-state index in [1.807, 2.05) is 24.0 Å². The van der Waals surface area contributed by atoms with E-state index in [1.165, 1.54) is 0 Å². The van der Waals surface area contributed by atoms with E-state index in [0.717, 1.165) is 38.5 Å². The standard InChI is InChI=1S/C12H22N4O/c1-15(8-12-14-4-5-16(12)2)7-11(13)10-3-6-17-9-10/h4-5,10-11H,3,6-9,13H2,1-2H3. The van der Waals surface area contributed by atoms with Crippen LogP contribution >= 0.6 is 0 Å². The molecule has 2 unspecified atom stereocenters. The lowest BCUT2D eigenvalue weighted by molar-refractivity contribution is 0.173. The Labute approximate surface area is 103 Å². The van der Waals surface area contributed by atoms with Gasteiger partial charge in [0, 0.05) is 44.6 Å². The third-order valence-electron chi connectivity index (χ3n) is 3.43. The number of nitrogens with zero attached hydrogens (tertiary/aromatic N) is 3. The van der Waals surface area contributed by atoms with Crippen LogP contribution in [0, 0.1) is 5.92 Å². The third-order valence-corrected chi connectivity index (χ3v) is 3.43. The van der Waals surface area contributed by atoms with Crippen molar-refractivity contribution >= 4 is 0 Å². The van der Waals surface area contributed by atoms with Gasteiger partial charge in [-0.15, -0.1) is 0 Å². The summed E-state index contributed by atoms with van der Waals surface area (Å²) >= 11 is 0. The van der Waals surface area contributed by atoms with Crippen LogP contribution < -0.4 is 5.73 Å². The van der Waals surface area contributed by atoms with Crippen molar-refractivity contribution in [2.24, 2.45) is 18.7 Å². The van der Waals surface area contributed by atoms with E-state index in [9.17, 15) is 0 Å². The van der Waals surface area contributed by atoms with Gasteiger partial charge in [0.15, 0.2) is 0 Å². The number of aryl methyl sites for hydroxylation is 1. The minimum atomic E-state index is 0.197. The van der Waals surface area contributed by atoms with Crippen LogP contribution in [0.5, 0.6) is 0 Å². The highest BCUT2D eigenvalue weighted by atomic mass is 16.5. The molecular formula is C12H22N4O. The van der Waals surface area contributed by atoms with Crippen LogP contribution in [-0.2, 0) is 18.3 Å². The Morgan fingerprint density at radius 1 is 1.71 bits per heavy atom. The Kier molecular flexibility index (Phi) is 4.15. The molecule has 0 amide bonds. The van der Waals surface area contributed by atoms with Crippen molar-refractivity contribution < 1.29 is 4.74 Å². The Morgan fingerprint density at radius 3 is 3.12 bits per heavy atom. The molecule has 0 bridgehead atoms. The van der Waals surface area contributed by atoms with Crippen LogP contribution in [0.2, 0.25) is 0 Å². The van der Waals surface area contributed by atoms with Gasteiger partial charge in [0.25, 0.3) is 0 Å².